The predicted octanol–water partition coefficient (Wildman–Crippen LogP) is 4.43. The van der Waals surface area contributed by atoms with E-state index in [1.54, 1.807) is 6.07 Å². The van der Waals surface area contributed by atoms with Crippen LogP contribution in [0, 0.1) is 5.82 Å². The van der Waals surface area contributed by atoms with E-state index in [1.165, 1.54) is 18.3 Å². The third kappa shape index (κ3) is 4.76. The maximum absolute atomic E-state index is 14.6. The molecule has 3 heterocycles. The number of hydrogen-bond acceptors (Lipinski definition) is 5. The lowest BCUT2D eigenvalue weighted by Gasteiger charge is -2.42. The van der Waals surface area contributed by atoms with Gasteiger partial charge in [0, 0.05) is 19.3 Å². The molecule has 0 spiro atoms. The molecule has 1 aromatic carbocycles. The summed E-state index contributed by atoms with van der Waals surface area (Å²) in [7, 11) is 0. The van der Waals surface area contributed by atoms with Crippen molar-refractivity contribution in [3.8, 4) is 5.75 Å². The number of aromatic nitrogens is 3. The van der Waals surface area contributed by atoms with Gasteiger partial charge in [0.25, 0.3) is 0 Å². The van der Waals surface area contributed by atoms with Crippen LogP contribution in [-0.4, -0.2) is 63.4 Å². The van der Waals surface area contributed by atoms with Gasteiger partial charge in [-0.1, -0.05) is 6.07 Å². The van der Waals surface area contributed by atoms with Crippen molar-refractivity contribution in [2.75, 3.05) is 18.7 Å². The second kappa shape index (κ2) is 9.84. The first-order valence-corrected chi connectivity index (χ1v) is 12.0. The second-order valence-electron chi connectivity index (χ2n) is 9.63. The molecule has 8 nitrogen and oxygen atoms in total. The molecule has 1 saturated heterocycles. The Morgan fingerprint density at radius 2 is 1.92 bits per heavy atom. The average Bonchev–Trinajstić information content (AvgIpc) is 3.51. The third-order valence-corrected chi connectivity index (χ3v) is 7.30. The number of benzene rings is 1. The van der Waals surface area contributed by atoms with E-state index < -0.39 is 73.2 Å². The zero-order valence-corrected chi connectivity index (χ0v) is 20.0. The predicted molar refractivity (Wildman–Crippen MR) is 126 cm³/mol. The summed E-state index contributed by atoms with van der Waals surface area (Å²) in [5.74, 6) is -5.67. The molecule has 0 bridgehead atoms. The highest BCUT2D eigenvalue weighted by Gasteiger charge is 2.53. The molecule has 1 saturated carbocycles. The Morgan fingerprint density at radius 3 is 2.63 bits per heavy atom. The van der Waals surface area contributed by atoms with Crippen LogP contribution >= 0.6 is 0 Å². The fourth-order valence-electron chi connectivity index (χ4n) is 5.29. The summed E-state index contributed by atoms with van der Waals surface area (Å²) in [6.45, 7) is -1.70. The van der Waals surface area contributed by atoms with Crippen molar-refractivity contribution >= 4 is 28.7 Å². The minimum absolute atomic E-state index is 0.0789. The molecule has 13 heteroatoms. The van der Waals surface area contributed by atoms with Gasteiger partial charge in [-0.3, -0.25) is 14.7 Å². The van der Waals surface area contributed by atoms with Crippen LogP contribution < -0.4 is 10.1 Å². The van der Waals surface area contributed by atoms with Crippen molar-refractivity contribution < 1.29 is 36.3 Å². The number of halogens is 5. The van der Waals surface area contributed by atoms with E-state index >= 15 is 0 Å². The smallest absolute Gasteiger partial charge is 0.248 e. The first-order valence-electron chi connectivity index (χ1n) is 12.0. The Balaban J connectivity index is 1.45. The number of nitrogens with one attached hydrogen (secondary N) is 2. The van der Waals surface area contributed by atoms with E-state index in [4.69, 9.17) is 0 Å². The summed E-state index contributed by atoms with van der Waals surface area (Å²) < 4.78 is 74.7. The summed E-state index contributed by atoms with van der Waals surface area (Å²) in [5.41, 5.74) is -0.436. The van der Waals surface area contributed by atoms with Crippen molar-refractivity contribution in [1.82, 2.24) is 20.1 Å². The van der Waals surface area contributed by atoms with E-state index in [9.17, 15) is 31.5 Å². The highest BCUT2D eigenvalue weighted by Crippen LogP contribution is 2.48. The molecule has 2 amide bonds. The van der Waals surface area contributed by atoms with Gasteiger partial charge in [-0.05, 0) is 42.7 Å². The Kier molecular flexibility index (Phi) is 6.70. The van der Waals surface area contributed by atoms with Gasteiger partial charge in [-0.2, -0.15) is 5.10 Å². The molecule has 202 valence electrons. The van der Waals surface area contributed by atoms with Crippen molar-refractivity contribution in [2.45, 2.75) is 55.7 Å². The third-order valence-electron chi connectivity index (χ3n) is 7.30. The molecule has 0 unspecified atom stereocenters. The minimum atomic E-state index is -3.03. The van der Waals surface area contributed by atoms with Crippen molar-refractivity contribution in [3.05, 3.63) is 47.9 Å². The molecule has 3 aromatic rings. The van der Waals surface area contributed by atoms with E-state index in [2.05, 4.69) is 25.2 Å². The number of H-pyrrole nitrogens is 1. The van der Waals surface area contributed by atoms with Crippen molar-refractivity contribution in [2.24, 2.45) is 0 Å². The fourth-order valence-corrected chi connectivity index (χ4v) is 5.29. The molecule has 2 N–H and O–H groups in total. The summed E-state index contributed by atoms with van der Waals surface area (Å²) in [6, 6.07) is 5.31. The lowest BCUT2D eigenvalue weighted by molar-refractivity contribution is -0.146. The largest absolute Gasteiger partial charge is 0.460 e. The molecule has 2 aliphatic rings. The van der Waals surface area contributed by atoms with Crippen LogP contribution in [0.4, 0.5) is 27.8 Å². The Bertz CT molecular complexity index is 1360. The molecule has 2 fully saturated rings. The van der Waals surface area contributed by atoms with Gasteiger partial charge >= 0.3 is 0 Å². The number of nitrogens with zero attached hydrogens (tertiary/aromatic N) is 3. The number of fused-ring (bicyclic) bond motifs is 1. The number of amides is 2. The van der Waals surface area contributed by atoms with Gasteiger partial charge in [0.2, 0.25) is 24.6 Å². The highest BCUT2D eigenvalue weighted by atomic mass is 19.3. The van der Waals surface area contributed by atoms with Crippen molar-refractivity contribution in [1.29, 1.82) is 0 Å². The van der Waals surface area contributed by atoms with Gasteiger partial charge < -0.3 is 15.0 Å². The first kappa shape index (κ1) is 25.9. The Morgan fingerprint density at radius 1 is 1.16 bits per heavy atom. The number of carbonyl (C=O) groups is 2. The van der Waals surface area contributed by atoms with Crippen LogP contribution in [0.15, 0.2) is 36.5 Å². The lowest BCUT2D eigenvalue weighted by atomic mass is 9.67. The van der Waals surface area contributed by atoms with E-state index in [0.29, 0.717) is 11.0 Å². The average molecular weight is 537 g/mol. The molecule has 5 rings (SSSR count). The molecular formula is C25H24F5N5O3. The number of ether oxygens (including phenoxy) is 1. The standard InChI is InChI=1S/C25H24F5N5O3/c26-13-38-20-3-1-14(9-16(20)28)24(5-7-25(29,30)8-6-24)23(37)35-12-15(27)10-19(35)22(36)33-21-4-2-17-18(32-21)11-31-34-17/h1-4,9,11,15,19H,5-8,10,12-13H2,(H,31,34)(H,32,33,36)/t15-,19-/m1/s1. The van der Waals surface area contributed by atoms with Gasteiger partial charge in [0.1, 0.15) is 23.5 Å². The summed E-state index contributed by atoms with van der Waals surface area (Å²) in [6.07, 6.45) is -2.36. The highest BCUT2D eigenvalue weighted by molar-refractivity contribution is 5.99. The van der Waals surface area contributed by atoms with Gasteiger partial charge in [-0.15, -0.1) is 0 Å². The van der Waals surface area contributed by atoms with Gasteiger partial charge in [0.15, 0.2) is 11.6 Å². The molecule has 2 atom stereocenters. The maximum atomic E-state index is 14.6. The number of aromatic amines is 1. The summed E-state index contributed by atoms with van der Waals surface area (Å²) in [5, 5.41) is 9.17. The van der Waals surface area contributed by atoms with Crippen LogP contribution in [0.1, 0.15) is 37.7 Å². The topological polar surface area (TPSA) is 100 Å². The monoisotopic (exact) mass is 537 g/mol. The molecule has 38 heavy (non-hydrogen) atoms. The summed E-state index contributed by atoms with van der Waals surface area (Å²) >= 11 is 0. The Hall–Kier alpha value is -3.77. The number of pyridine rings is 1. The number of alkyl halides is 4. The maximum Gasteiger partial charge on any atom is 0.248 e. The van der Waals surface area contributed by atoms with Gasteiger partial charge in [0.05, 0.1) is 23.7 Å². The Labute approximate surface area is 213 Å². The lowest BCUT2D eigenvalue weighted by Crippen LogP contribution is -2.54. The molecular weight excluding hydrogens is 513 g/mol. The van der Waals surface area contributed by atoms with Gasteiger partial charge in [-0.25, -0.2) is 26.9 Å². The number of hydrogen-bond donors (Lipinski definition) is 2. The molecule has 2 aromatic heterocycles. The molecule has 1 aliphatic carbocycles. The second-order valence-corrected chi connectivity index (χ2v) is 9.63. The molecule has 0 radical (unpaired) electrons. The van der Waals surface area contributed by atoms with Crippen molar-refractivity contribution in [3.63, 3.8) is 0 Å². The minimum Gasteiger partial charge on any atom is -0.460 e. The quantitative estimate of drug-likeness (QED) is 0.454. The van der Waals surface area contributed by atoms with E-state index in [1.807, 2.05) is 0 Å². The summed E-state index contributed by atoms with van der Waals surface area (Å²) in [4.78, 5) is 32.5. The fraction of sp³-hybridized carbons (Fsp3) is 0.440. The SMILES string of the molecule is O=C(Nc1ccc2[nH]ncc2n1)[C@H]1C[C@@H](F)CN1C(=O)C1(c2ccc(OCF)c(F)c2)CCC(F)(F)CC1. The van der Waals surface area contributed by atoms with E-state index in [-0.39, 0.29) is 30.6 Å². The van der Waals surface area contributed by atoms with Crippen LogP contribution in [0.2, 0.25) is 0 Å². The normalized spacial score (nSPS) is 22.4. The zero-order chi connectivity index (χ0) is 27.1. The number of likely N-dealkylation sites (tertiary alicyclic amines) is 1. The van der Waals surface area contributed by atoms with Crippen LogP contribution in [-0.2, 0) is 15.0 Å². The van der Waals surface area contributed by atoms with Crippen LogP contribution in [0.5, 0.6) is 5.75 Å². The first-order chi connectivity index (χ1) is 18.1. The number of rotatable bonds is 6. The zero-order valence-electron chi connectivity index (χ0n) is 20.0. The van der Waals surface area contributed by atoms with Crippen LogP contribution in [0.25, 0.3) is 11.0 Å². The van der Waals surface area contributed by atoms with E-state index in [0.717, 1.165) is 17.0 Å². The van der Waals surface area contributed by atoms with Crippen LogP contribution in [0.3, 0.4) is 0 Å². The number of carbonyl (C=O) groups excluding carboxylic acids is 2. The molecule has 1 aliphatic heterocycles. The number of anilines is 1.